The minimum absolute atomic E-state index is 0.201. The van der Waals surface area contributed by atoms with Crippen molar-refractivity contribution < 1.29 is 19.4 Å². The molecule has 0 aliphatic carbocycles. The Bertz CT molecular complexity index is 469. The van der Waals surface area contributed by atoms with E-state index in [0.29, 0.717) is 24.8 Å². The molecular weight excluding hydrogens is 266 g/mol. The summed E-state index contributed by atoms with van der Waals surface area (Å²) in [6.45, 7) is 1.97. The van der Waals surface area contributed by atoms with Crippen molar-refractivity contribution in [2.75, 3.05) is 19.8 Å². The number of nitrogens with zero attached hydrogens (tertiary/aromatic N) is 3. The quantitative estimate of drug-likeness (QED) is 0.629. The van der Waals surface area contributed by atoms with Gasteiger partial charge in [-0.1, -0.05) is 5.21 Å². The van der Waals surface area contributed by atoms with E-state index in [1.54, 1.807) is 0 Å². The zero-order chi connectivity index (χ0) is 14.4. The fraction of sp³-hybridized carbons (Fsp3) is 0.636. The summed E-state index contributed by atoms with van der Waals surface area (Å²) >= 11 is 0. The summed E-state index contributed by atoms with van der Waals surface area (Å²) in [6.07, 6.45) is 2.45. The molecule has 9 nitrogen and oxygen atoms in total. The second-order valence-corrected chi connectivity index (χ2v) is 4.59. The molecule has 0 spiro atoms. The molecule has 0 bridgehead atoms. The van der Waals surface area contributed by atoms with Crippen LogP contribution in [0.25, 0.3) is 0 Å². The lowest BCUT2D eigenvalue weighted by Gasteiger charge is -2.09. The molecule has 20 heavy (non-hydrogen) atoms. The maximum Gasteiger partial charge on any atom is 0.325 e. The van der Waals surface area contributed by atoms with Crippen molar-refractivity contribution in [2.24, 2.45) is 5.92 Å². The highest BCUT2D eigenvalue weighted by molar-refractivity contribution is 5.73. The number of aromatic nitrogens is 3. The largest absolute Gasteiger partial charge is 0.480 e. The van der Waals surface area contributed by atoms with E-state index in [4.69, 9.17) is 9.84 Å². The number of carboxylic acid groups (broad SMARTS) is 1. The van der Waals surface area contributed by atoms with Crippen LogP contribution < -0.4 is 10.6 Å². The van der Waals surface area contributed by atoms with Crippen LogP contribution in [-0.4, -0.2) is 51.9 Å². The van der Waals surface area contributed by atoms with E-state index in [1.165, 1.54) is 10.9 Å². The van der Waals surface area contributed by atoms with Gasteiger partial charge in [-0.25, -0.2) is 9.48 Å². The number of nitrogens with one attached hydrogen (secondary N) is 2. The van der Waals surface area contributed by atoms with Crippen molar-refractivity contribution in [2.45, 2.75) is 19.5 Å². The summed E-state index contributed by atoms with van der Waals surface area (Å²) in [5.74, 6) is -0.622. The van der Waals surface area contributed by atoms with Crippen molar-refractivity contribution in [3.05, 3.63) is 11.9 Å². The van der Waals surface area contributed by atoms with Crippen LogP contribution in [0.5, 0.6) is 0 Å². The fourth-order valence-electron chi connectivity index (χ4n) is 1.85. The summed E-state index contributed by atoms with van der Waals surface area (Å²) < 4.78 is 6.41. The van der Waals surface area contributed by atoms with Gasteiger partial charge in [0, 0.05) is 19.1 Å². The number of hydrogen-bond donors (Lipinski definition) is 3. The number of carboxylic acids is 1. The van der Waals surface area contributed by atoms with Crippen molar-refractivity contribution in [3.63, 3.8) is 0 Å². The summed E-state index contributed by atoms with van der Waals surface area (Å²) in [6, 6.07) is -0.287. The minimum atomic E-state index is -0.995. The third-order valence-electron chi connectivity index (χ3n) is 2.89. The van der Waals surface area contributed by atoms with Gasteiger partial charge in [0.05, 0.1) is 19.3 Å². The van der Waals surface area contributed by atoms with E-state index in [1.807, 2.05) is 0 Å². The monoisotopic (exact) mass is 283 g/mol. The van der Waals surface area contributed by atoms with E-state index in [-0.39, 0.29) is 19.1 Å². The lowest BCUT2D eigenvalue weighted by atomic mass is 10.1. The zero-order valence-corrected chi connectivity index (χ0v) is 10.9. The standard InChI is InChI=1S/C11H17N5O4/c17-10(18)6-16-5-9(14-15-16)4-13-11(19)12-3-8-1-2-20-7-8/h5,8H,1-4,6-7H2,(H,17,18)(H2,12,13,19). The average Bonchev–Trinajstić information content (AvgIpc) is 3.04. The summed E-state index contributed by atoms with van der Waals surface area (Å²) in [7, 11) is 0. The van der Waals surface area contributed by atoms with Gasteiger partial charge in [0.1, 0.15) is 12.2 Å². The van der Waals surface area contributed by atoms with Crippen molar-refractivity contribution in [3.8, 4) is 0 Å². The van der Waals surface area contributed by atoms with Gasteiger partial charge < -0.3 is 20.5 Å². The molecule has 1 fully saturated rings. The van der Waals surface area contributed by atoms with Crippen LogP contribution >= 0.6 is 0 Å². The van der Waals surface area contributed by atoms with E-state index >= 15 is 0 Å². The Kier molecular flexibility index (Phi) is 4.88. The fourth-order valence-corrected chi connectivity index (χ4v) is 1.85. The van der Waals surface area contributed by atoms with Gasteiger partial charge in [0.25, 0.3) is 0 Å². The van der Waals surface area contributed by atoms with Gasteiger partial charge in [-0.15, -0.1) is 5.10 Å². The van der Waals surface area contributed by atoms with Gasteiger partial charge in [-0.2, -0.15) is 0 Å². The number of amides is 2. The normalized spacial score (nSPS) is 17.9. The Balaban J connectivity index is 1.67. The van der Waals surface area contributed by atoms with Crippen molar-refractivity contribution >= 4 is 12.0 Å². The number of ether oxygens (including phenoxy) is 1. The van der Waals surface area contributed by atoms with Gasteiger partial charge in [-0.3, -0.25) is 4.79 Å². The lowest BCUT2D eigenvalue weighted by Crippen LogP contribution is -2.38. The molecule has 2 rings (SSSR count). The molecule has 1 aromatic heterocycles. The second-order valence-electron chi connectivity index (χ2n) is 4.59. The predicted octanol–water partition coefficient (Wildman–Crippen LogP) is -0.802. The van der Waals surface area contributed by atoms with Crippen LogP contribution in [0.2, 0.25) is 0 Å². The number of carbonyl (C=O) groups is 2. The number of carbonyl (C=O) groups excluding carboxylic acids is 1. The van der Waals surface area contributed by atoms with Crippen LogP contribution in [0.4, 0.5) is 4.79 Å². The first-order chi connectivity index (χ1) is 9.63. The Morgan fingerprint density at radius 3 is 3.05 bits per heavy atom. The third kappa shape index (κ3) is 4.50. The Morgan fingerprint density at radius 1 is 1.50 bits per heavy atom. The number of hydrogen-bond acceptors (Lipinski definition) is 5. The summed E-state index contributed by atoms with van der Waals surface area (Å²) in [4.78, 5) is 22.0. The first-order valence-corrected chi connectivity index (χ1v) is 6.33. The highest BCUT2D eigenvalue weighted by atomic mass is 16.5. The molecule has 0 aromatic carbocycles. The molecule has 0 saturated carbocycles. The molecule has 9 heteroatoms. The third-order valence-corrected chi connectivity index (χ3v) is 2.89. The molecule has 0 radical (unpaired) electrons. The first-order valence-electron chi connectivity index (χ1n) is 6.33. The maximum absolute atomic E-state index is 11.5. The Morgan fingerprint density at radius 2 is 2.35 bits per heavy atom. The van der Waals surface area contributed by atoms with E-state index in [9.17, 15) is 9.59 Å². The molecule has 2 heterocycles. The smallest absolute Gasteiger partial charge is 0.325 e. The topological polar surface area (TPSA) is 118 Å². The van der Waals surface area contributed by atoms with Gasteiger partial charge in [0.2, 0.25) is 0 Å². The molecule has 2 amide bonds. The van der Waals surface area contributed by atoms with Crippen LogP contribution in [0, 0.1) is 5.92 Å². The average molecular weight is 283 g/mol. The molecule has 1 saturated heterocycles. The van der Waals surface area contributed by atoms with Gasteiger partial charge >= 0.3 is 12.0 Å². The van der Waals surface area contributed by atoms with Crippen LogP contribution in [0.15, 0.2) is 6.20 Å². The Labute approximate surface area is 115 Å². The van der Waals surface area contributed by atoms with Crippen molar-refractivity contribution in [1.29, 1.82) is 0 Å². The molecule has 1 aliphatic heterocycles. The number of aliphatic carboxylic acids is 1. The molecule has 1 atom stereocenters. The molecule has 1 unspecified atom stereocenters. The zero-order valence-electron chi connectivity index (χ0n) is 10.9. The predicted molar refractivity (Wildman–Crippen MR) is 66.8 cm³/mol. The molecule has 1 aliphatic rings. The minimum Gasteiger partial charge on any atom is -0.480 e. The van der Waals surface area contributed by atoms with Gasteiger partial charge in [-0.05, 0) is 6.42 Å². The highest BCUT2D eigenvalue weighted by Crippen LogP contribution is 2.10. The SMILES string of the molecule is O=C(O)Cn1cc(CNC(=O)NCC2CCOC2)nn1. The van der Waals surface area contributed by atoms with Crippen LogP contribution in [0.1, 0.15) is 12.1 Å². The molecule has 110 valence electrons. The maximum atomic E-state index is 11.5. The lowest BCUT2D eigenvalue weighted by molar-refractivity contribution is -0.137. The molecule has 3 N–H and O–H groups in total. The first kappa shape index (κ1) is 14.3. The van der Waals surface area contributed by atoms with Crippen LogP contribution in [-0.2, 0) is 22.6 Å². The van der Waals surface area contributed by atoms with E-state index in [2.05, 4.69) is 20.9 Å². The summed E-state index contributed by atoms with van der Waals surface area (Å²) in [5, 5.41) is 21.4. The second kappa shape index (κ2) is 6.85. The molecule has 1 aromatic rings. The number of rotatable bonds is 6. The Hall–Kier alpha value is -2.16. The summed E-state index contributed by atoms with van der Waals surface area (Å²) in [5.41, 5.74) is 0.505. The molecular formula is C11H17N5O4. The van der Waals surface area contributed by atoms with Gasteiger partial charge in [0.15, 0.2) is 0 Å². The van der Waals surface area contributed by atoms with E-state index < -0.39 is 5.97 Å². The van der Waals surface area contributed by atoms with Crippen molar-refractivity contribution in [1.82, 2.24) is 25.6 Å². The van der Waals surface area contributed by atoms with E-state index in [0.717, 1.165) is 13.0 Å². The van der Waals surface area contributed by atoms with Crippen LogP contribution in [0.3, 0.4) is 0 Å². The highest BCUT2D eigenvalue weighted by Gasteiger charge is 2.16. The number of urea groups is 1.